The van der Waals surface area contributed by atoms with Crippen LogP contribution in [-0.4, -0.2) is 30.4 Å². The highest BCUT2D eigenvalue weighted by molar-refractivity contribution is 7.27. The van der Waals surface area contributed by atoms with Crippen LogP contribution in [0.3, 0.4) is 0 Å². The molecule has 0 bridgehead atoms. The molecule has 9 heteroatoms. The third-order valence-electron chi connectivity index (χ3n) is 5.46. The average Bonchev–Trinajstić information content (AvgIpc) is 3.13. The molecular formula is C24H27N4O4P. The second-order valence-electron chi connectivity index (χ2n) is 7.87. The predicted octanol–water partition coefficient (Wildman–Crippen LogP) is 2.41. The molecule has 0 radical (unpaired) electrons. The highest BCUT2D eigenvalue weighted by Crippen LogP contribution is 2.25. The lowest BCUT2D eigenvalue weighted by Gasteiger charge is -2.12. The molecule has 0 saturated heterocycles. The maximum absolute atomic E-state index is 13.5. The summed E-state index contributed by atoms with van der Waals surface area (Å²) in [6, 6.07) is 15.7. The minimum absolute atomic E-state index is 0.113. The van der Waals surface area contributed by atoms with Gasteiger partial charge in [-0.2, -0.15) is 4.98 Å². The molecule has 0 saturated carbocycles. The molecule has 8 nitrogen and oxygen atoms in total. The first-order valence-electron chi connectivity index (χ1n) is 10.9. The van der Waals surface area contributed by atoms with Gasteiger partial charge in [0.25, 0.3) is 5.56 Å². The summed E-state index contributed by atoms with van der Waals surface area (Å²) in [6.45, 7) is 4.56. The molecule has 2 heterocycles. The minimum Gasteiger partial charge on any atom is -0.425 e. The van der Waals surface area contributed by atoms with Gasteiger partial charge in [0.2, 0.25) is 0 Å². The van der Waals surface area contributed by atoms with Crippen LogP contribution in [0.2, 0.25) is 0 Å². The van der Waals surface area contributed by atoms with Crippen molar-refractivity contribution in [2.24, 2.45) is 0 Å². The topological polar surface area (TPSA) is 91.3 Å². The van der Waals surface area contributed by atoms with Crippen LogP contribution in [0.4, 0.5) is 0 Å². The number of hydrogen-bond donors (Lipinski definition) is 1. The van der Waals surface area contributed by atoms with E-state index >= 15 is 0 Å². The number of aliphatic hydroxyl groups is 1. The number of nitrogens with zero attached hydrogens (tertiary/aromatic N) is 4. The van der Waals surface area contributed by atoms with Gasteiger partial charge in [-0.3, -0.25) is 18.5 Å². The maximum Gasteiger partial charge on any atom is 0.332 e. The van der Waals surface area contributed by atoms with E-state index in [2.05, 4.69) is 14.2 Å². The van der Waals surface area contributed by atoms with Crippen molar-refractivity contribution in [2.75, 3.05) is 6.61 Å². The van der Waals surface area contributed by atoms with Crippen molar-refractivity contribution >= 4 is 25.7 Å². The summed E-state index contributed by atoms with van der Waals surface area (Å²) in [7, 11) is 2.62. The molecule has 1 unspecified atom stereocenters. The van der Waals surface area contributed by atoms with Crippen LogP contribution in [0.15, 0.2) is 58.1 Å². The molecule has 0 fully saturated rings. The second-order valence-corrected chi connectivity index (χ2v) is 8.54. The quantitative estimate of drug-likeness (QED) is 0.403. The molecule has 1 atom stereocenters. The Kier molecular flexibility index (Phi) is 6.77. The molecule has 2 aromatic heterocycles. The highest BCUT2D eigenvalue weighted by Gasteiger charge is 2.22. The van der Waals surface area contributed by atoms with Crippen molar-refractivity contribution in [3.8, 4) is 11.8 Å². The van der Waals surface area contributed by atoms with Crippen molar-refractivity contribution in [3.05, 3.63) is 80.5 Å². The van der Waals surface area contributed by atoms with Gasteiger partial charge >= 0.3 is 11.7 Å². The van der Waals surface area contributed by atoms with E-state index in [1.54, 1.807) is 4.57 Å². The molecule has 4 rings (SSSR count). The maximum atomic E-state index is 13.5. The van der Waals surface area contributed by atoms with E-state index in [-0.39, 0.29) is 24.8 Å². The van der Waals surface area contributed by atoms with E-state index in [1.165, 1.54) is 9.13 Å². The zero-order valence-electron chi connectivity index (χ0n) is 18.7. The predicted molar refractivity (Wildman–Crippen MR) is 132 cm³/mol. The molecule has 172 valence electrons. The summed E-state index contributed by atoms with van der Waals surface area (Å²) in [4.78, 5) is 31.1. The van der Waals surface area contributed by atoms with E-state index in [0.717, 1.165) is 16.4 Å². The number of fused-ring (bicyclic) bond motifs is 1. The molecule has 0 aliphatic rings. The fourth-order valence-corrected chi connectivity index (χ4v) is 4.04. The summed E-state index contributed by atoms with van der Waals surface area (Å²) in [6.07, 6.45) is 0.306. The lowest BCUT2D eigenvalue weighted by atomic mass is 10.1. The number of ether oxygens (including phenoxy) is 1. The lowest BCUT2D eigenvalue weighted by Crippen LogP contribution is -2.40. The first kappa shape index (κ1) is 23.0. The fourth-order valence-electron chi connectivity index (χ4n) is 3.77. The first-order chi connectivity index (χ1) is 15.9. The number of rotatable bonds is 8. The van der Waals surface area contributed by atoms with Crippen molar-refractivity contribution in [3.63, 3.8) is 0 Å². The zero-order valence-corrected chi connectivity index (χ0v) is 19.8. The Morgan fingerprint density at radius 3 is 2.48 bits per heavy atom. The Labute approximate surface area is 193 Å². The Morgan fingerprint density at radius 1 is 1.06 bits per heavy atom. The van der Waals surface area contributed by atoms with E-state index < -0.39 is 11.2 Å². The van der Waals surface area contributed by atoms with E-state index in [9.17, 15) is 14.7 Å². The smallest absolute Gasteiger partial charge is 0.332 e. The van der Waals surface area contributed by atoms with Gasteiger partial charge in [0.1, 0.15) is 5.75 Å². The van der Waals surface area contributed by atoms with Crippen LogP contribution in [0, 0.1) is 6.92 Å². The summed E-state index contributed by atoms with van der Waals surface area (Å²) >= 11 is 0. The van der Waals surface area contributed by atoms with Crippen LogP contribution in [-0.2, 0) is 19.6 Å². The van der Waals surface area contributed by atoms with Crippen LogP contribution < -0.4 is 21.3 Å². The molecule has 1 N–H and O–H groups in total. The van der Waals surface area contributed by atoms with Gasteiger partial charge in [0.05, 0.1) is 6.54 Å². The van der Waals surface area contributed by atoms with Gasteiger partial charge in [-0.05, 0) is 43.3 Å². The zero-order chi connectivity index (χ0) is 23.5. The number of aliphatic hydroxyl groups excluding tert-OH is 1. The van der Waals surface area contributed by atoms with Crippen LogP contribution in [0.1, 0.15) is 24.5 Å². The Morgan fingerprint density at radius 2 is 1.82 bits per heavy atom. The molecule has 2 aromatic carbocycles. The Balaban J connectivity index is 1.96. The summed E-state index contributed by atoms with van der Waals surface area (Å²) < 4.78 is 10.5. The number of hydrogen-bond acceptors (Lipinski definition) is 5. The van der Waals surface area contributed by atoms with Gasteiger partial charge in [-0.25, -0.2) is 4.79 Å². The SMILES string of the molecule is CCn1c(=O)n(CCCO)c(=O)c2c1nc(Oc1cccc(P)c1)n2Cc1ccc(C)cc1. The normalized spacial score (nSPS) is 11.3. The van der Waals surface area contributed by atoms with E-state index in [4.69, 9.17) is 4.74 Å². The van der Waals surface area contributed by atoms with Crippen LogP contribution in [0.25, 0.3) is 11.2 Å². The summed E-state index contributed by atoms with van der Waals surface area (Å²) in [5, 5.41) is 10.2. The molecular weight excluding hydrogens is 439 g/mol. The largest absolute Gasteiger partial charge is 0.425 e. The standard InChI is InChI=1S/C24H27N4O4P/c1-3-26-21-20(22(30)27(24(26)31)12-5-13-29)28(15-17-10-8-16(2)9-11-17)23(25-21)32-18-6-4-7-19(33)14-18/h4,6-11,14,29H,3,5,12-13,15,33H2,1-2H3. The van der Waals surface area contributed by atoms with Crippen LogP contribution in [0.5, 0.6) is 11.8 Å². The molecule has 0 amide bonds. The van der Waals surface area contributed by atoms with Gasteiger partial charge in [-0.15, -0.1) is 9.24 Å². The number of aryl methyl sites for hydroxylation is 2. The van der Waals surface area contributed by atoms with Crippen molar-refractivity contribution in [1.82, 2.24) is 18.7 Å². The fraction of sp³-hybridized carbons (Fsp3) is 0.292. The van der Waals surface area contributed by atoms with Gasteiger partial charge in [0.15, 0.2) is 11.2 Å². The minimum atomic E-state index is -0.443. The highest BCUT2D eigenvalue weighted by atomic mass is 31.0. The van der Waals surface area contributed by atoms with Gasteiger partial charge in [0, 0.05) is 19.7 Å². The monoisotopic (exact) mass is 466 g/mol. The molecule has 0 spiro atoms. The van der Waals surface area contributed by atoms with Crippen LogP contribution >= 0.6 is 9.24 Å². The average molecular weight is 466 g/mol. The summed E-state index contributed by atoms with van der Waals surface area (Å²) in [5.74, 6) is 0.578. The van der Waals surface area contributed by atoms with Crippen molar-refractivity contribution < 1.29 is 9.84 Å². The van der Waals surface area contributed by atoms with E-state index in [1.807, 2.05) is 62.4 Å². The second kappa shape index (κ2) is 9.73. The van der Waals surface area contributed by atoms with Gasteiger partial charge < -0.3 is 9.84 Å². The molecule has 0 aliphatic heterocycles. The van der Waals surface area contributed by atoms with Crippen molar-refractivity contribution in [2.45, 2.75) is 39.9 Å². The molecule has 33 heavy (non-hydrogen) atoms. The number of benzene rings is 2. The third kappa shape index (κ3) is 4.63. The van der Waals surface area contributed by atoms with E-state index in [0.29, 0.717) is 30.8 Å². The lowest BCUT2D eigenvalue weighted by molar-refractivity contribution is 0.277. The Hall–Kier alpha value is -3.22. The van der Waals surface area contributed by atoms with Crippen molar-refractivity contribution in [1.29, 1.82) is 0 Å². The Bertz CT molecular complexity index is 1400. The molecule has 4 aromatic rings. The first-order valence-corrected chi connectivity index (χ1v) is 11.4. The summed E-state index contributed by atoms with van der Waals surface area (Å²) in [5.41, 5.74) is 1.81. The van der Waals surface area contributed by atoms with Gasteiger partial charge in [-0.1, -0.05) is 42.0 Å². The number of aromatic nitrogens is 4. The third-order valence-corrected chi connectivity index (χ3v) is 5.82. The molecule has 0 aliphatic carbocycles. The number of imidazole rings is 1.